The van der Waals surface area contributed by atoms with Crippen molar-refractivity contribution in [2.45, 2.75) is 31.7 Å². The van der Waals surface area contributed by atoms with Crippen LogP contribution in [0.5, 0.6) is 0 Å². The first-order chi connectivity index (χ1) is 10.2. The first kappa shape index (κ1) is 14.0. The zero-order valence-corrected chi connectivity index (χ0v) is 12.1. The third-order valence-electron chi connectivity index (χ3n) is 4.27. The fourth-order valence-corrected chi connectivity index (χ4v) is 2.93. The third kappa shape index (κ3) is 2.90. The molecule has 0 saturated heterocycles. The Hall–Kier alpha value is -1.95. The van der Waals surface area contributed by atoms with Gasteiger partial charge in [0.2, 0.25) is 0 Å². The summed E-state index contributed by atoms with van der Waals surface area (Å²) in [4.78, 5) is 16.6. The Morgan fingerprint density at radius 3 is 2.86 bits per heavy atom. The van der Waals surface area contributed by atoms with Gasteiger partial charge in [0.1, 0.15) is 0 Å². The van der Waals surface area contributed by atoms with Crippen molar-refractivity contribution in [1.82, 2.24) is 20.1 Å². The minimum atomic E-state index is -0.0827. The van der Waals surface area contributed by atoms with Crippen LogP contribution in [0.25, 0.3) is 11.0 Å². The first-order valence-electron chi connectivity index (χ1n) is 7.37. The summed E-state index contributed by atoms with van der Waals surface area (Å²) in [5.41, 5.74) is 1.34. The minimum absolute atomic E-state index is 0.0827. The molecule has 3 rings (SSSR count). The zero-order chi connectivity index (χ0) is 14.8. The van der Waals surface area contributed by atoms with Crippen LogP contribution < -0.4 is 5.32 Å². The van der Waals surface area contributed by atoms with Crippen LogP contribution in [0.2, 0.25) is 0 Å². The number of nitrogens with zero attached hydrogens (tertiary/aromatic N) is 3. The second-order valence-corrected chi connectivity index (χ2v) is 5.78. The summed E-state index contributed by atoms with van der Waals surface area (Å²) in [6.45, 7) is 0.252. The normalized spacial score (nSPS) is 22.4. The van der Waals surface area contributed by atoms with Crippen LogP contribution in [-0.4, -0.2) is 38.4 Å². The lowest BCUT2D eigenvalue weighted by molar-refractivity contribution is 0.0914. The average molecular weight is 288 g/mol. The number of aryl methyl sites for hydroxylation is 1. The maximum absolute atomic E-state index is 12.3. The fraction of sp³-hybridized carbons (Fsp3) is 0.533. The molecule has 6 heteroatoms. The molecule has 1 aliphatic carbocycles. The molecule has 0 bridgehead atoms. The molecule has 21 heavy (non-hydrogen) atoms. The van der Waals surface area contributed by atoms with E-state index in [1.807, 2.05) is 13.1 Å². The van der Waals surface area contributed by atoms with E-state index < -0.39 is 0 Å². The van der Waals surface area contributed by atoms with Crippen LogP contribution in [0.1, 0.15) is 36.0 Å². The molecular weight excluding hydrogens is 268 g/mol. The van der Waals surface area contributed by atoms with Crippen LogP contribution in [-0.2, 0) is 7.05 Å². The molecule has 0 atom stereocenters. The van der Waals surface area contributed by atoms with Gasteiger partial charge in [0.25, 0.3) is 5.91 Å². The van der Waals surface area contributed by atoms with Gasteiger partial charge in [0.05, 0.1) is 11.8 Å². The lowest BCUT2D eigenvalue weighted by Gasteiger charge is -2.27. The van der Waals surface area contributed by atoms with Gasteiger partial charge in [0, 0.05) is 31.3 Å². The molecule has 2 aromatic rings. The van der Waals surface area contributed by atoms with E-state index in [9.17, 15) is 4.79 Å². The Morgan fingerprint density at radius 2 is 2.14 bits per heavy atom. The smallest absolute Gasteiger partial charge is 0.253 e. The van der Waals surface area contributed by atoms with Gasteiger partial charge in [-0.25, -0.2) is 4.98 Å². The van der Waals surface area contributed by atoms with E-state index in [1.54, 1.807) is 17.1 Å². The number of aliphatic hydroxyl groups is 1. The number of hydrogen-bond acceptors (Lipinski definition) is 4. The monoisotopic (exact) mass is 288 g/mol. The summed E-state index contributed by atoms with van der Waals surface area (Å²) >= 11 is 0. The van der Waals surface area contributed by atoms with Gasteiger partial charge >= 0.3 is 0 Å². The molecule has 0 spiro atoms. The Labute approximate surface area is 123 Å². The Balaban J connectivity index is 1.67. The van der Waals surface area contributed by atoms with Crippen molar-refractivity contribution in [1.29, 1.82) is 0 Å². The Morgan fingerprint density at radius 1 is 1.38 bits per heavy atom. The number of carbonyl (C=O) groups excluding carboxylic acids is 1. The lowest BCUT2D eigenvalue weighted by atomic mass is 9.86. The minimum Gasteiger partial charge on any atom is -0.396 e. The number of aliphatic hydroxyl groups excluding tert-OH is 1. The number of amides is 1. The Kier molecular flexibility index (Phi) is 3.88. The number of carbonyl (C=O) groups is 1. The highest BCUT2D eigenvalue weighted by Gasteiger charge is 2.22. The van der Waals surface area contributed by atoms with Crippen LogP contribution in [0.15, 0.2) is 18.5 Å². The van der Waals surface area contributed by atoms with Gasteiger partial charge in [-0.2, -0.15) is 5.10 Å². The zero-order valence-electron chi connectivity index (χ0n) is 12.1. The van der Waals surface area contributed by atoms with Gasteiger partial charge in [-0.3, -0.25) is 9.48 Å². The van der Waals surface area contributed by atoms with Crippen LogP contribution in [0, 0.1) is 5.92 Å². The highest BCUT2D eigenvalue weighted by atomic mass is 16.3. The maximum atomic E-state index is 12.3. The van der Waals surface area contributed by atoms with Crippen LogP contribution >= 0.6 is 0 Å². The SMILES string of the molecule is Cn1ncc2cc(C(=O)NC3CCC(CO)CC3)cnc21. The second-order valence-electron chi connectivity index (χ2n) is 5.78. The van der Waals surface area contributed by atoms with Gasteiger partial charge in [-0.1, -0.05) is 0 Å². The summed E-state index contributed by atoms with van der Waals surface area (Å²) in [6, 6.07) is 2.02. The van der Waals surface area contributed by atoms with E-state index in [1.165, 1.54) is 0 Å². The summed E-state index contributed by atoms with van der Waals surface area (Å²) in [6.07, 6.45) is 7.12. The van der Waals surface area contributed by atoms with Crippen molar-refractivity contribution < 1.29 is 9.90 Å². The largest absolute Gasteiger partial charge is 0.396 e. The predicted molar refractivity (Wildman–Crippen MR) is 78.8 cm³/mol. The second kappa shape index (κ2) is 5.81. The molecular formula is C15H20N4O2. The van der Waals surface area contributed by atoms with E-state index in [2.05, 4.69) is 15.4 Å². The molecule has 0 aliphatic heterocycles. The number of fused-ring (bicyclic) bond motifs is 1. The van der Waals surface area contributed by atoms with E-state index >= 15 is 0 Å². The number of pyridine rings is 1. The van der Waals surface area contributed by atoms with Gasteiger partial charge in [-0.05, 0) is 37.7 Å². The highest BCUT2D eigenvalue weighted by Crippen LogP contribution is 2.24. The van der Waals surface area contributed by atoms with Crippen molar-refractivity contribution in [3.05, 3.63) is 24.0 Å². The van der Waals surface area contributed by atoms with E-state index in [0.717, 1.165) is 36.7 Å². The highest BCUT2D eigenvalue weighted by molar-refractivity contribution is 5.96. The topological polar surface area (TPSA) is 80.0 Å². The van der Waals surface area contributed by atoms with Crippen molar-refractivity contribution in [2.75, 3.05) is 6.61 Å². The molecule has 2 heterocycles. The molecule has 1 aliphatic rings. The molecule has 112 valence electrons. The van der Waals surface area contributed by atoms with Crippen molar-refractivity contribution in [3.63, 3.8) is 0 Å². The summed E-state index contributed by atoms with van der Waals surface area (Å²) < 4.78 is 1.69. The maximum Gasteiger partial charge on any atom is 0.253 e. The van der Waals surface area contributed by atoms with Crippen LogP contribution in [0.3, 0.4) is 0 Å². The predicted octanol–water partition coefficient (Wildman–Crippen LogP) is 1.25. The molecule has 1 saturated carbocycles. The molecule has 0 unspecified atom stereocenters. The summed E-state index contributed by atoms with van der Waals surface area (Å²) in [5, 5.41) is 17.2. The Bertz CT molecular complexity index is 644. The molecule has 0 aromatic carbocycles. The molecule has 2 aromatic heterocycles. The number of nitrogens with one attached hydrogen (secondary N) is 1. The quantitative estimate of drug-likeness (QED) is 0.890. The molecule has 1 fully saturated rings. The summed E-state index contributed by atoms with van der Waals surface area (Å²) in [5.74, 6) is 0.312. The average Bonchev–Trinajstić information content (AvgIpc) is 2.89. The molecule has 2 N–H and O–H groups in total. The number of hydrogen-bond donors (Lipinski definition) is 2. The third-order valence-corrected chi connectivity index (χ3v) is 4.27. The number of rotatable bonds is 3. The van der Waals surface area contributed by atoms with E-state index in [4.69, 9.17) is 5.11 Å². The van der Waals surface area contributed by atoms with Gasteiger partial charge < -0.3 is 10.4 Å². The van der Waals surface area contributed by atoms with Crippen LogP contribution in [0.4, 0.5) is 0 Å². The molecule has 6 nitrogen and oxygen atoms in total. The summed E-state index contributed by atoms with van der Waals surface area (Å²) in [7, 11) is 1.83. The van der Waals surface area contributed by atoms with Gasteiger partial charge in [-0.15, -0.1) is 0 Å². The molecule has 1 amide bonds. The van der Waals surface area contributed by atoms with E-state index in [-0.39, 0.29) is 18.6 Å². The first-order valence-corrected chi connectivity index (χ1v) is 7.37. The van der Waals surface area contributed by atoms with Gasteiger partial charge in [0.15, 0.2) is 5.65 Å². The standard InChI is InChI=1S/C15H20N4O2/c1-19-14-11(8-17-19)6-12(7-16-14)15(21)18-13-4-2-10(9-20)3-5-13/h6-8,10,13,20H,2-5,9H2,1H3,(H,18,21). The number of aromatic nitrogens is 3. The molecule has 0 radical (unpaired) electrons. The van der Waals surface area contributed by atoms with E-state index in [0.29, 0.717) is 11.5 Å². The van der Waals surface area contributed by atoms with Crippen molar-refractivity contribution in [2.24, 2.45) is 13.0 Å². The van der Waals surface area contributed by atoms with Crippen molar-refractivity contribution >= 4 is 16.9 Å². The fourth-order valence-electron chi connectivity index (χ4n) is 2.93. The van der Waals surface area contributed by atoms with Crippen molar-refractivity contribution in [3.8, 4) is 0 Å². The lowest BCUT2D eigenvalue weighted by Crippen LogP contribution is -2.38.